The maximum absolute atomic E-state index is 14.6. The minimum Gasteiger partial charge on any atom is -0.497 e. The van der Waals surface area contributed by atoms with Crippen molar-refractivity contribution >= 4 is 27.9 Å². The summed E-state index contributed by atoms with van der Waals surface area (Å²) in [4.78, 5) is 55.1. The van der Waals surface area contributed by atoms with Crippen molar-refractivity contribution in [2.45, 2.75) is 80.8 Å². The van der Waals surface area contributed by atoms with Gasteiger partial charge in [-0.2, -0.15) is 9.97 Å². The molecule has 4 atom stereocenters. The van der Waals surface area contributed by atoms with Gasteiger partial charge in [-0.3, -0.25) is 14.3 Å². The van der Waals surface area contributed by atoms with Gasteiger partial charge in [0, 0.05) is 31.0 Å². The number of hydrogen-bond acceptors (Lipinski definition) is 10. The van der Waals surface area contributed by atoms with Crippen LogP contribution in [0.5, 0.6) is 17.5 Å². The summed E-state index contributed by atoms with van der Waals surface area (Å²) in [6.07, 6.45) is 7.78. The number of rotatable bonds is 10. The highest BCUT2D eigenvalue weighted by atomic mass is 32.2. The van der Waals surface area contributed by atoms with Crippen LogP contribution in [0, 0.1) is 5.92 Å². The van der Waals surface area contributed by atoms with Crippen molar-refractivity contribution in [1.82, 2.24) is 29.8 Å². The van der Waals surface area contributed by atoms with Crippen LogP contribution in [0.3, 0.4) is 0 Å². The number of nitrogens with one attached hydrogen (secondary N) is 2. The number of ether oxygens (including phenoxy) is 3. The molecule has 4 amide bonds. The Hall–Kier alpha value is -5.18. The maximum Gasteiger partial charge on any atom is 0.321 e. The number of benzene rings is 2. The molecule has 15 heteroatoms. The summed E-state index contributed by atoms with van der Waals surface area (Å²) in [7, 11) is -0.776. The molecular formula is C39H46N6O8S. The molecule has 2 N–H and O–H groups in total. The van der Waals surface area contributed by atoms with Crippen LogP contribution in [0.2, 0.25) is 0 Å². The van der Waals surface area contributed by atoms with E-state index in [1.165, 1.54) is 12.0 Å². The number of urea groups is 1. The first-order valence-corrected chi connectivity index (χ1v) is 20.0. The molecule has 1 saturated heterocycles. The number of sulfonamides is 1. The summed E-state index contributed by atoms with van der Waals surface area (Å²) in [5.74, 6) is -0.126. The molecule has 4 aliphatic rings. The number of methoxy groups -OCH3 is 2. The molecule has 7 rings (SSSR count). The zero-order valence-electron chi connectivity index (χ0n) is 30.5. The zero-order chi connectivity index (χ0) is 37.9. The molecule has 3 fully saturated rings. The molecule has 14 nitrogen and oxygen atoms in total. The highest BCUT2D eigenvalue weighted by Gasteiger charge is 2.62. The number of carbonyl (C=O) groups is 3. The molecule has 286 valence electrons. The van der Waals surface area contributed by atoms with Gasteiger partial charge in [0.25, 0.3) is 5.91 Å². The second-order valence-electron chi connectivity index (χ2n) is 14.4. The average molecular weight is 759 g/mol. The number of aromatic nitrogens is 2. The smallest absolute Gasteiger partial charge is 0.321 e. The topological polar surface area (TPSA) is 169 Å². The van der Waals surface area contributed by atoms with Gasteiger partial charge in [0.05, 0.1) is 32.1 Å². The van der Waals surface area contributed by atoms with Crippen molar-refractivity contribution in [2.24, 2.45) is 5.92 Å². The number of carbonyl (C=O) groups excluding carboxylic acids is 3. The summed E-state index contributed by atoms with van der Waals surface area (Å²) in [5, 5.41) is 2.32. The van der Waals surface area contributed by atoms with E-state index in [2.05, 4.69) is 20.0 Å². The van der Waals surface area contributed by atoms with E-state index in [4.69, 9.17) is 14.2 Å². The fourth-order valence-corrected chi connectivity index (χ4v) is 8.51. The van der Waals surface area contributed by atoms with Crippen molar-refractivity contribution in [3.8, 4) is 28.9 Å². The zero-order valence-corrected chi connectivity index (χ0v) is 31.3. The van der Waals surface area contributed by atoms with E-state index < -0.39 is 50.7 Å². The largest absolute Gasteiger partial charge is 0.497 e. The van der Waals surface area contributed by atoms with Crippen LogP contribution < -0.4 is 24.2 Å². The third kappa shape index (κ3) is 8.30. The molecule has 2 saturated carbocycles. The maximum atomic E-state index is 14.6. The Kier molecular flexibility index (Phi) is 10.8. The first-order chi connectivity index (χ1) is 26.1. The predicted molar refractivity (Wildman–Crippen MR) is 199 cm³/mol. The highest BCUT2D eigenvalue weighted by Crippen LogP contribution is 2.46. The van der Waals surface area contributed by atoms with Gasteiger partial charge in [-0.05, 0) is 56.2 Å². The highest BCUT2D eigenvalue weighted by molar-refractivity contribution is 7.91. The fraction of sp³-hybridized carbons (Fsp3) is 0.462. The van der Waals surface area contributed by atoms with Crippen LogP contribution in [0.25, 0.3) is 11.4 Å². The number of hydrogen-bond donors (Lipinski definition) is 2. The van der Waals surface area contributed by atoms with E-state index in [0.717, 1.165) is 36.8 Å². The molecule has 2 aliphatic carbocycles. The second kappa shape index (κ2) is 15.7. The van der Waals surface area contributed by atoms with Crippen LogP contribution in [-0.4, -0.2) is 96.3 Å². The Balaban J connectivity index is 1.19. The van der Waals surface area contributed by atoms with Crippen LogP contribution in [0.1, 0.15) is 56.9 Å². The van der Waals surface area contributed by atoms with Crippen LogP contribution in [-0.2, 0) is 26.2 Å². The van der Waals surface area contributed by atoms with Crippen molar-refractivity contribution in [1.29, 1.82) is 0 Å². The standard InChI is InChI=1S/C39H46N6O8S/c1-51-29-16-14-26(15-17-29)24-44-20-10-5-3-4-9-13-28-23-39(28,37(47)43-54(49,50)31-18-19-31)42-36(46)32-21-30(25-45(32)38(44)48)53-34-22-33(52-2)40-35(41-34)27-11-7-6-8-12-27/h6-9,11-17,22,28,30-32H,3-5,10,18-21,23-25H2,1-2H3,(H,42,46)(H,43,47)/b13-9-/t28-,30+,32-,39+/m0/s1. The molecule has 54 heavy (non-hydrogen) atoms. The lowest BCUT2D eigenvalue weighted by Crippen LogP contribution is -2.57. The number of amides is 4. The molecular weight excluding hydrogens is 713 g/mol. The molecule has 3 aromatic rings. The average Bonchev–Trinajstić information content (AvgIpc) is 4.11. The van der Waals surface area contributed by atoms with E-state index in [0.29, 0.717) is 37.5 Å². The van der Waals surface area contributed by atoms with Gasteiger partial charge >= 0.3 is 6.03 Å². The van der Waals surface area contributed by atoms with Crippen LogP contribution in [0.4, 0.5) is 4.79 Å². The van der Waals surface area contributed by atoms with Crippen molar-refractivity contribution in [3.05, 3.63) is 78.4 Å². The molecule has 2 aliphatic heterocycles. The van der Waals surface area contributed by atoms with Gasteiger partial charge in [-0.1, -0.05) is 61.0 Å². The SMILES string of the molecule is COc1ccc(CN2CCCCC/C=C\[C@H]3C[C@@]3(C(=O)NS(=O)(=O)C3CC3)NC(=O)[C@@H]3C[C@@H](Oc4cc(OC)nc(-c5ccccc5)n4)CN3C2=O)cc1. The Morgan fingerprint density at radius 3 is 2.46 bits per heavy atom. The number of allylic oxidation sites excluding steroid dienone is 1. The van der Waals surface area contributed by atoms with Crippen molar-refractivity contribution < 1.29 is 37.0 Å². The van der Waals surface area contributed by atoms with Gasteiger partial charge < -0.3 is 29.3 Å². The van der Waals surface area contributed by atoms with E-state index in [9.17, 15) is 22.8 Å². The summed E-state index contributed by atoms with van der Waals surface area (Å²) >= 11 is 0. The van der Waals surface area contributed by atoms with E-state index >= 15 is 0 Å². The normalized spacial score (nSPS) is 25.3. The molecule has 1 aromatic heterocycles. The van der Waals surface area contributed by atoms with E-state index in [1.54, 1.807) is 18.1 Å². The van der Waals surface area contributed by atoms with Gasteiger partial charge in [0.1, 0.15) is 23.4 Å². The summed E-state index contributed by atoms with van der Waals surface area (Å²) in [5.41, 5.74) is 0.189. The number of fused-ring (bicyclic) bond motifs is 2. The first kappa shape index (κ1) is 37.1. The lowest BCUT2D eigenvalue weighted by molar-refractivity contribution is -0.131. The Morgan fingerprint density at radius 2 is 1.74 bits per heavy atom. The lowest BCUT2D eigenvalue weighted by atomic mass is 10.1. The molecule has 3 heterocycles. The lowest BCUT2D eigenvalue weighted by Gasteiger charge is -2.32. The quantitative estimate of drug-likeness (QED) is 0.286. The molecule has 2 aromatic carbocycles. The molecule has 0 radical (unpaired) electrons. The second-order valence-corrected chi connectivity index (χ2v) is 16.3. The van der Waals surface area contributed by atoms with Crippen molar-refractivity contribution in [3.63, 3.8) is 0 Å². The third-order valence-electron chi connectivity index (χ3n) is 10.5. The summed E-state index contributed by atoms with van der Waals surface area (Å²) < 4.78 is 45.1. The molecule has 0 unspecified atom stereocenters. The van der Waals surface area contributed by atoms with Gasteiger partial charge in [-0.25, -0.2) is 13.2 Å². The predicted octanol–water partition coefficient (Wildman–Crippen LogP) is 4.22. The molecule has 0 spiro atoms. The van der Waals surface area contributed by atoms with Crippen LogP contribution in [0.15, 0.2) is 72.8 Å². The first-order valence-electron chi connectivity index (χ1n) is 18.5. The number of nitrogens with zero attached hydrogens (tertiary/aromatic N) is 4. The fourth-order valence-electron chi connectivity index (χ4n) is 7.14. The van der Waals surface area contributed by atoms with E-state index in [1.807, 2.05) is 66.7 Å². The monoisotopic (exact) mass is 758 g/mol. The molecule has 0 bridgehead atoms. The van der Waals surface area contributed by atoms with Crippen LogP contribution >= 0.6 is 0 Å². The minimum absolute atomic E-state index is 0.0572. The summed E-state index contributed by atoms with van der Waals surface area (Å²) in [6, 6.07) is 17.0. The van der Waals surface area contributed by atoms with Gasteiger partial charge in [0.2, 0.25) is 27.7 Å². The Labute approximate surface area is 315 Å². The Morgan fingerprint density at radius 1 is 0.981 bits per heavy atom. The van der Waals surface area contributed by atoms with Gasteiger partial charge in [0.15, 0.2) is 5.82 Å². The van der Waals surface area contributed by atoms with E-state index in [-0.39, 0.29) is 37.2 Å². The Bertz CT molecular complexity index is 1990. The summed E-state index contributed by atoms with van der Waals surface area (Å²) in [6.45, 7) is 0.820. The van der Waals surface area contributed by atoms with Gasteiger partial charge in [-0.15, -0.1) is 0 Å². The van der Waals surface area contributed by atoms with Crippen molar-refractivity contribution in [2.75, 3.05) is 27.3 Å². The third-order valence-corrected chi connectivity index (χ3v) is 12.3. The minimum atomic E-state index is -3.87.